The zero-order valence-electron chi connectivity index (χ0n) is 12.7. The van der Waals surface area contributed by atoms with Crippen LogP contribution in [-0.4, -0.2) is 29.0 Å². The van der Waals surface area contributed by atoms with Crippen LogP contribution in [0.15, 0.2) is 53.0 Å². The van der Waals surface area contributed by atoms with Gasteiger partial charge in [0.2, 0.25) is 0 Å². The Labute approximate surface area is 147 Å². The molecule has 0 bridgehead atoms. The highest BCUT2D eigenvalue weighted by molar-refractivity contribution is 9.10. The Kier molecular flexibility index (Phi) is 6.72. The van der Waals surface area contributed by atoms with Gasteiger partial charge in [-0.2, -0.15) is 0 Å². The molecule has 2 aromatic carbocycles. The molecule has 0 saturated carbocycles. The van der Waals surface area contributed by atoms with Crippen LogP contribution in [-0.2, 0) is 11.3 Å². The summed E-state index contributed by atoms with van der Waals surface area (Å²) >= 11 is 3.11. The average Bonchev–Trinajstić information content (AvgIpc) is 2.58. The van der Waals surface area contributed by atoms with Gasteiger partial charge in [0, 0.05) is 16.6 Å². The first-order valence-electron chi connectivity index (χ1n) is 7.23. The first-order valence-corrected chi connectivity index (χ1v) is 8.02. The number of aliphatic hydroxyl groups is 2. The lowest BCUT2D eigenvalue weighted by Gasteiger charge is -2.19. The van der Waals surface area contributed by atoms with Crippen LogP contribution < -0.4 is 5.32 Å². The molecule has 0 heterocycles. The Bertz CT molecular complexity index is 684. The predicted octanol–water partition coefficient (Wildman–Crippen LogP) is 2.91. The summed E-state index contributed by atoms with van der Waals surface area (Å²) in [4.78, 5) is 11.6. The molecular weight excluding hydrogens is 381 g/mol. The van der Waals surface area contributed by atoms with Crippen molar-refractivity contribution < 1.29 is 24.1 Å². The lowest BCUT2D eigenvalue weighted by atomic mass is 10.0. The standard InChI is InChI=1S/C17H17BrFNO4/c18-12-6-7-13(14(19)8-12)16(22)15(21)9-20-17(23)24-10-11-4-2-1-3-5-11/h1-8,15-16,21-22H,9-10H2,(H,20,23). The molecule has 3 N–H and O–H groups in total. The Hall–Kier alpha value is -1.96. The van der Waals surface area contributed by atoms with Crippen LogP contribution in [0.25, 0.3) is 0 Å². The van der Waals surface area contributed by atoms with Crippen LogP contribution in [0.2, 0.25) is 0 Å². The summed E-state index contributed by atoms with van der Waals surface area (Å²) < 4.78 is 19.3. The highest BCUT2D eigenvalue weighted by atomic mass is 79.9. The molecule has 0 aliphatic rings. The number of alkyl carbamates (subject to hydrolysis) is 1. The highest BCUT2D eigenvalue weighted by Gasteiger charge is 2.22. The Balaban J connectivity index is 1.81. The monoisotopic (exact) mass is 397 g/mol. The topological polar surface area (TPSA) is 78.8 Å². The number of benzene rings is 2. The molecule has 2 unspecified atom stereocenters. The summed E-state index contributed by atoms with van der Waals surface area (Å²) in [6, 6.07) is 13.2. The number of carbonyl (C=O) groups is 1. The number of aliphatic hydroxyl groups excluding tert-OH is 2. The average molecular weight is 398 g/mol. The minimum atomic E-state index is -1.47. The molecule has 5 nitrogen and oxygen atoms in total. The summed E-state index contributed by atoms with van der Waals surface area (Å²) in [5, 5.41) is 22.2. The van der Waals surface area contributed by atoms with Gasteiger partial charge in [-0.1, -0.05) is 52.3 Å². The zero-order valence-corrected chi connectivity index (χ0v) is 14.2. The lowest BCUT2D eigenvalue weighted by molar-refractivity contribution is 0.0164. The molecule has 24 heavy (non-hydrogen) atoms. The van der Waals surface area contributed by atoms with Crippen molar-refractivity contribution in [2.45, 2.75) is 18.8 Å². The van der Waals surface area contributed by atoms with Crippen LogP contribution in [0.4, 0.5) is 9.18 Å². The van der Waals surface area contributed by atoms with E-state index in [9.17, 15) is 19.4 Å². The quantitative estimate of drug-likeness (QED) is 0.699. The number of halogens is 2. The number of hydrogen-bond acceptors (Lipinski definition) is 4. The number of ether oxygens (including phenoxy) is 1. The second-order valence-electron chi connectivity index (χ2n) is 5.12. The molecule has 2 aromatic rings. The van der Waals surface area contributed by atoms with Gasteiger partial charge in [0.1, 0.15) is 24.6 Å². The number of amides is 1. The molecule has 0 saturated heterocycles. The summed E-state index contributed by atoms with van der Waals surface area (Å²) in [6.45, 7) is -0.184. The third-order valence-corrected chi connectivity index (χ3v) is 3.81. The van der Waals surface area contributed by atoms with E-state index in [4.69, 9.17) is 4.74 Å². The fourth-order valence-electron chi connectivity index (χ4n) is 2.02. The fourth-order valence-corrected chi connectivity index (χ4v) is 2.36. The third kappa shape index (κ3) is 5.30. The van der Waals surface area contributed by atoms with Gasteiger partial charge in [0.05, 0.1) is 0 Å². The summed E-state index contributed by atoms with van der Waals surface area (Å²) in [5.41, 5.74) is 0.773. The lowest BCUT2D eigenvalue weighted by Crippen LogP contribution is -2.36. The number of carbonyl (C=O) groups excluding carboxylic acids is 1. The van der Waals surface area contributed by atoms with E-state index in [1.807, 2.05) is 30.3 Å². The van der Waals surface area contributed by atoms with Gasteiger partial charge in [0.15, 0.2) is 0 Å². The molecule has 7 heteroatoms. The minimum absolute atomic E-state index is 0.0508. The minimum Gasteiger partial charge on any atom is -0.445 e. The number of nitrogens with one attached hydrogen (secondary N) is 1. The van der Waals surface area contributed by atoms with Crippen molar-refractivity contribution in [3.63, 3.8) is 0 Å². The van der Waals surface area contributed by atoms with E-state index < -0.39 is 24.1 Å². The van der Waals surface area contributed by atoms with Crippen molar-refractivity contribution in [3.8, 4) is 0 Å². The Morgan fingerprint density at radius 1 is 1.21 bits per heavy atom. The van der Waals surface area contributed by atoms with Crippen molar-refractivity contribution in [3.05, 3.63) is 69.9 Å². The van der Waals surface area contributed by atoms with E-state index >= 15 is 0 Å². The van der Waals surface area contributed by atoms with E-state index in [0.717, 1.165) is 5.56 Å². The van der Waals surface area contributed by atoms with Crippen LogP contribution in [0.1, 0.15) is 17.2 Å². The molecular formula is C17H17BrFNO4. The van der Waals surface area contributed by atoms with Crippen molar-refractivity contribution >= 4 is 22.0 Å². The van der Waals surface area contributed by atoms with Crippen molar-refractivity contribution in [1.82, 2.24) is 5.32 Å². The molecule has 0 aliphatic heterocycles. The third-order valence-electron chi connectivity index (χ3n) is 3.31. The van der Waals surface area contributed by atoms with Gasteiger partial charge < -0.3 is 20.3 Å². The van der Waals surface area contributed by atoms with Crippen LogP contribution in [0.3, 0.4) is 0 Å². The first-order chi connectivity index (χ1) is 11.5. The predicted molar refractivity (Wildman–Crippen MR) is 89.7 cm³/mol. The van der Waals surface area contributed by atoms with E-state index in [0.29, 0.717) is 4.47 Å². The smallest absolute Gasteiger partial charge is 0.407 e. The van der Waals surface area contributed by atoms with Crippen LogP contribution >= 0.6 is 15.9 Å². The maximum Gasteiger partial charge on any atom is 0.407 e. The van der Waals surface area contributed by atoms with Crippen molar-refractivity contribution in [2.24, 2.45) is 0 Å². The van der Waals surface area contributed by atoms with Crippen molar-refractivity contribution in [2.75, 3.05) is 6.54 Å². The normalized spacial score (nSPS) is 13.2. The molecule has 128 valence electrons. The molecule has 0 aliphatic carbocycles. The Morgan fingerprint density at radius 2 is 1.92 bits per heavy atom. The van der Waals surface area contributed by atoms with E-state index in [1.54, 1.807) is 6.07 Å². The highest BCUT2D eigenvalue weighted by Crippen LogP contribution is 2.23. The maximum atomic E-state index is 13.8. The largest absolute Gasteiger partial charge is 0.445 e. The van der Waals surface area contributed by atoms with Crippen LogP contribution in [0, 0.1) is 5.82 Å². The number of hydrogen-bond donors (Lipinski definition) is 3. The zero-order chi connectivity index (χ0) is 17.5. The van der Waals surface area contributed by atoms with Gasteiger partial charge in [-0.3, -0.25) is 0 Å². The molecule has 0 aromatic heterocycles. The summed E-state index contributed by atoms with van der Waals surface area (Å²) in [6.07, 6.45) is -3.57. The second kappa shape index (κ2) is 8.77. The van der Waals surface area contributed by atoms with Gasteiger partial charge in [-0.25, -0.2) is 9.18 Å². The molecule has 1 amide bonds. The molecule has 2 rings (SSSR count). The Morgan fingerprint density at radius 3 is 2.58 bits per heavy atom. The molecule has 2 atom stereocenters. The molecule has 0 radical (unpaired) electrons. The summed E-state index contributed by atoms with van der Waals surface area (Å²) in [7, 11) is 0. The maximum absolute atomic E-state index is 13.8. The van der Waals surface area contributed by atoms with E-state index in [1.165, 1.54) is 12.1 Å². The van der Waals surface area contributed by atoms with Gasteiger partial charge >= 0.3 is 6.09 Å². The van der Waals surface area contributed by atoms with E-state index in [-0.39, 0.29) is 18.7 Å². The van der Waals surface area contributed by atoms with Crippen LogP contribution in [0.5, 0.6) is 0 Å². The molecule has 0 spiro atoms. The van der Waals surface area contributed by atoms with Gasteiger partial charge in [-0.05, 0) is 17.7 Å². The fraction of sp³-hybridized carbons (Fsp3) is 0.235. The van der Waals surface area contributed by atoms with Crippen molar-refractivity contribution in [1.29, 1.82) is 0 Å². The van der Waals surface area contributed by atoms with Gasteiger partial charge in [-0.15, -0.1) is 0 Å². The summed E-state index contributed by atoms with van der Waals surface area (Å²) in [5.74, 6) is -0.650. The molecule has 0 fully saturated rings. The van der Waals surface area contributed by atoms with Gasteiger partial charge in [0.25, 0.3) is 0 Å². The SMILES string of the molecule is O=C(NCC(O)C(O)c1ccc(Br)cc1F)OCc1ccccc1. The second-order valence-corrected chi connectivity index (χ2v) is 6.04. The number of rotatable bonds is 6. The van der Waals surface area contributed by atoms with E-state index in [2.05, 4.69) is 21.2 Å². The first kappa shape index (κ1) is 18.4.